The van der Waals surface area contributed by atoms with E-state index >= 15 is 0 Å². The van der Waals surface area contributed by atoms with Gasteiger partial charge in [0.25, 0.3) is 0 Å². The third kappa shape index (κ3) is 4.52. The van der Waals surface area contributed by atoms with E-state index in [-0.39, 0.29) is 36.3 Å². The number of hydrogen-bond acceptors (Lipinski definition) is 4. The second-order valence-electron chi connectivity index (χ2n) is 8.14. The van der Waals surface area contributed by atoms with Crippen molar-refractivity contribution in [2.24, 2.45) is 5.92 Å². The lowest BCUT2D eigenvalue weighted by Gasteiger charge is -2.26. The van der Waals surface area contributed by atoms with Crippen LogP contribution in [0, 0.1) is 12.8 Å². The van der Waals surface area contributed by atoms with Crippen LogP contribution in [-0.2, 0) is 12.8 Å². The number of fused-ring (bicyclic) bond motifs is 1. The van der Waals surface area contributed by atoms with Crippen LogP contribution in [0.15, 0.2) is 30.3 Å². The molecule has 1 aromatic carbocycles. The number of Topliss-reactive ketones (excluding diaryl/α,β-unsaturated/α-hetero) is 1. The number of H-pyrrole nitrogens is 1. The summed E-state index contributed by atoms with van der Waals surface area (Å²) in [6.45, 7) is 4.71. The van der Waals surface area contributed by atoms with Crippen LogP contribution in [0.25, 0.3) is 0 Å². The summed E-state index contributed by atoms with van der Waals surface area (Å²) < 4.78 is 6.14. The van der Waals surface area contributed by atoms with E-state index in [1.54, 1.807) is 0 Å². The summed E-state index contributed by atoms with van der Waals surface area (Å²) in [5.41, 5.74) is 4.13. The number of para-hydroxylation sites is 1. The van der Waals surface area contributed by atoms with Gasteiger partial charge in [0.2, 0.25) is 0 Å². The van der Waals surface area contributed by atoms with Crippen molar-refractivity contribution in [3.63, 3.8) is 0 Å². The number of aromatic amines is 1. The molecule has 29 heavy (non-hydrogen) atoms. The highest BCUT2D eigenvalue weighted by Gasteiger charge is 2.37. The number of ketones is 1. The Kier molecular flexibility index (Phi) is 7.04. The van der Waals surface area contributed by atoms with Crippen molar-refractivity contribution in [3.05, 3.63) is 52.8 Å². The van der Waals surface area contributed by atoms with Crippen molar-refractivity contribution >= 4 is 18.2 Å². The van der Waals surface area contributed by atoms with Gasteiger partial charge in [-0.05, 0) is 56.7 Å². The zero-order valence-corrected chi connectivity index (χ0v) is 17.9. The van der Waals surface area contributed by atoms with Gasteiger partial charge >= 0.3 is 0 Å². The van der Waals surface area contributed by atoms with Crippen molar-refractivity contribution in [2.75, 3.05) is 6.54 Å². The molecular weight excluding hydrogens is 388 g/mol. The Bertz CT molecular complexity index is 850. The van der Waals surface area contributed by atoms with E-state index in [1.165, 1.54) is 0 Å². The molecule has 2 aromatic rings. The number of halogens is 1. The molecule has 4 rings (SSSR count). The van der Waals surface area contributed by atoms with Crippen LogP contribution in [0.4, 0.5) is 0 Å². The Labute approximate surface area is 178 Å². The van der Waals surface area contributed by atoms with Gasteiger partial charge in [-0.3, -0.25) is 4.79 Å². The van der Waals surface area contributed by atoms with Crippen LogP contribution in [0.3, 0.4) is 0 Å². The normalized spacial score (nSPS) is 26.1. The van der Waals surface area contributed by atoms with E-state index < -0.39 is 6.10 Å². The molecule has 4 atom stereocenters. The Morgan fingerprint density at radius 3 is 2.83 bits per heavy atom. The van der Waals surface area contributed by atoms with Gasteiger partial charge in [0.05, 0.1) is 0 Å². The molecule has 1 heterocycles. The predicted molar refractivity (Wildman–Crippen MR) is 116 cm³/mol. The molecule has 2 aliphatic carbocycles. The summed E-state index contributed by atoms with van der Waals surface area (Å²) in [4.78, 5) is 16.0. The van der Waals surface area contributed by atoms with Gasteiger partial charge in [0, 0.05) is 35.5 Å². The quantitative estimate of drug-likeness (QED) is 0.669. The van der Waals surface area contributed by atoms with Gasteiger partial charge in [-0.1, -0.05) is 25.1 Å². The zero-order valence-electron chi connectivity index (χ0n) is 17.1. The number of aliphatic hydroxyl groups excluding tert-OH is 1. The van der Waals surface area contributed by atoms with E-state index in [1.807, 2.05) is 31.2 Å². The first-order valence-corrected chi connectivity index (χ1v) is 10.5. The molecule has 0 radical (unpaired) electrons. The van der Waals surface area contributed by atoms with Gasteiger partial charge in [0.15, 0.2) is 5.78 Å². The topological polar surface area (TPSA) is 74.3 Å². The summed E-state index contributed by atoms with van der Waals surface area (Å²) in [5.74, 6) is 1.07. The van der Waals surface area contributed by atoms with Crippen LogP contribution in [0.1, 0.15) is 53.5 Å². The highest BCUT2D eigenvalue weighted by molar-refractivity contribution is 6.00. The minimum Gasteiger partial charge on any atom is -0.487 e. The Morgan fingerprint density at radius 2 is 2.03 bits per heavy atom. The number of rotatable bonds is 6. The summed E-state index contributed by atoms with van der Waals surface area (Å²) in [6.07, 6.45) is 3.58. The zero-order chi connectivity index (χ0) is 19.7. The fraction of sp³-hybridized carbons (Fsp3) is 0.522. The molecule has 0 aliphatic heterocycles. The number of aryl methyl sites for hydroxylation is 3. The number of aliphatic hydroxyl groups is 1. The van der Waals surface area contributed by atoms with Gasteiger partial charge in [-0.15, -0.1) is 12.4 Å². The van der Waals surface area contributed by atoms with E-state index in [0.717, 1.165) is 60.4 Å². The maximum atomic E-state index is 12.7. The Hall–Kier alpha value is -1.82. The largest absolute Gasteiger partial charge is 0.487 e. The van der Waals surface area contributed by atoms with Crippen molar-refractivity contribution in [1.29, 1.82) is 0 Å². The molecule has 5 nitrogen and oxygen atoms in total. The van der Waals surface area contributed by atoms with Crippen molar-refractivity contribution in [2.45, 2.75) is 64.2 Å². The van der Waals surface area contributed by atoms with Crippen LogP contribution in [0.2, 0.25) is 0 Å². The van der Waals surface area contributed by atoms with Crippen LogP contribution in [0.5, 0.6) is 5.75 Å². The standard InChI is InChI=1S/C23H30N2O3.ClH/c1-3-15-6-4-5-7-20(15)28-21-11-10-19(23(21)27)24-13-16-8-9-18-17(22(16)26)12-14(2)25-18;/h4-7,12,16,19,21,23-25,27H,3,8-11,13H2,1-2H3;1H. The molecule has 1 saturated carbocycles. The van der Waals surface area contributed by atoms with Crippen molar-refractivity contribution < 1.29 is 14.6 Å². The van der Waals surface area contributed by atoms with Crippen molar-refractivity contribution in [1.82, 2.24) is 10.3 Å². The van der Waals surface area contributed by atoms with Gasteiger partial charge < -0.3 is 20.1 Å². The smallest absolute Gasteiger partial charge is 0.169 e. The van der Waals surface area contributed by atoms with E-state index in [2.05, 4.69) is 23.3 Å². The first-order valence-electron chi connectivity index (χ1n) is 10.5. The number of benzene rings is 1. The molecule has 4 unspecified atom stereocenters. The Morgan fingerprint density at radius 1 is 1.24 bits per heavy atom. The maximum Gasteiger partial charge on any atom is 0.169 e. The number of nitrogens with one attached hydrogen (secondary N) is 2. The molecule has 1 fully saturated rings. The molecule has 0 saturated heterocycles. The first kappa shape index (κ1) is 21.9. The SMILES string of the molecule is CCc1ccccc1OC1CCC(NCC2CCc3[nH]c(C)cc3C2=O)C1O.Cl. The molecule has 2 aliphatic rings. The predicted octanol–water partition coefficient (Wildman–Crippen LogP) is 3.61. The van der Waals surface area contributed by atoms with E-state index in [4.69, 9.17) is 4.74 Å². The summed E-state index contributed by atoms with van der Waals surface area (Å²) in [7, 11) is 0. The molecule has 1 aromatic heterocycles. The maximum absolute atomic E-state index is 12.7. The van der Waals surface area contributed by atoms with E-state index in [0.29, 0.717) is 6.54 Å². The molecule has 6 heteroatoms. The molecule has 3 N–H and O–H groups in total. The third-order valence-corrected chi connectivity index (χ3v) is 6.23. The lowest BCUT2D eigenvalue weighted by atomic mass is 9.86. The average molecular weight is 419 g/mol. The number of aromatic nitrogens is 1. The average Bonchev–Trinajstić information content (AvgIpc) is 3.25. The number of carbonyl (C=O) groups excluding carboxylic acids is 1. The summed E-state index contributed by atoms with van der Waals surface area (Å²) >= 11 is 0. The highest BCUT2D eigenvalue weighted by atomic mass is 35.5. The second kappa shape index (κ2) is 9.33. The number of hydrogen-bond donors (Lipinski definition) is 3. The van der Waals surface area contributed by atoms with Gasteiger partial charge in [-0.2, -0.15) is 0 Å². The van der Waals surface area contributed by atoms with E-state index in [9.17, 15) is 9.90 Å². The molecule has 0 bridgehead atoms. The minimum atomic E-state index is -0.561. The summed E-state index contributed by atoms with van der Waals surface area (Å²) in [6, 6.07) is 9.96. The molecule has 0 amide bonds. The van der Waals surface area contributed by atoms with Gasteiger partial charge in [0.1, 0.15) is 18.0 Å². The minimum absolute atomic E-state index is 0. The van der Waals surface area contributed by atoms with Crippen LogP contribution < -0.4 is 10.1 Å². The molecular formula is C23H31ClN2O3. The number of carbonyl (C=O) groups is 1. The lowest BCUT2D eigenvalue weighted by Crippen LogP contribution is -2.44. The molecule has 0 spiro atoms. The number of ether oxygens (including phenoxy) is 1. The van der Waals surface area contributed by atoms with Crippen molar-refractivity contribution in [3.8, 4) is 5.75 Å². The van der Waals surface area contributed by atoms with Crippen LogP contribution in [-0.4, -0.2) is 40.7 Å². The van der Waals surface area contributed by atoms with Gasteiger partial charge in [-0.25, -0.2) is 0 Å². The highest BCUT2D eigenvalue weighted by Crippen LogP contribution is 2.29. The lowest BCUT2D eigenvalue weighted by molar-refractivity contribution is 0.0437. The Balaban J connectivity index is 0.00000240. The second-order valence-corrected chi connectivity index (χ2v) is 8.14. The third-order valence-electron chi connectivity index (χ3n) is 6.23. The molecule has 158 valence electrons. The monoisotopic (exact) mass is 418 g/mol. The first-order chi connectivity index (χ1) is 13.6. The fourth-order valence-electron chi connectivity index (χ4n) is 4.59. The summed E-state index contributed by atoms with van der Waals surface area (Å²) in [5, 5.41) is 14.2. The van der Waals surface area contributed by atoms with Crippen LogP contribution >= 0.6 is 12.4 Å². The fourth-order valence-corrected chi connectivity index (χ4v) is 4.59.